The van der Waals surface area contributed by atoms with Gasteiger partial charge in [0.05, 0.1) is 0 Å². The summed E-state index contributed by atoms with van der Waals surface area (Å²) in [5.74, 6) is 0. The largest absolute Gasteiger partial charge is 0.100 e. The number of rotatable bonds is 8. The van der Waals surface area contributed by atoms with Gasteiger partial charge in [0.15, 0.2) is 0 Å². The molecule has 0 aromatic rings. The van der Waals surface area contributed by atoms with Crippen LogP contribution >= 0.6 is 0 Å². The summed E-state index contributed by atoms with van der Waals surface area (Å²) in [5.41, 5.74) is 2.89. The molecule has 0 aromatic carbocycles. The molecular weight excluding hydrogens is 168 g/mol. The van der Waals surface area contributed by atoms with Crippen LogP contribution in [0.4, 0.5) is 0 Å². The molecule has 0 heterocycles. The van der Waals surface area contributed by atoms with E-state index in [1.807, 2.05) is 0 Å². The van der Waals surface area contributed by atoms with E-state index in [-0.39, 0.29) is 0 Å². The SMILES string of the molecule is C=C(C)CCCCCC(C)=CCCC. The Morgan fingerprint density at radius 1 is 1.07 bits per heavy atom. The Labute approximate surface area is 90.1 Å². The lowest BCUT2D eigenvalue weighted by molar-refractivity contribution is 0.672. The Bertz CT molecular complexity index is 174. The number of unbranched alkanes of at least 4 members (excludes halogenated alkanes) is 3. The van der Waals surface area contributed by atoms with Crippen LogP contribution in [0.1, 0.15) is 65.7 Å². The summed E-state index contributed by atoms with van der Waals surface area (Å²) >= 11 is 0. The van der Waals surface area contributed by atoms with Crippen LogP contribution in [0, 0.1) is 0 Å². The average molecular weight is 194 g/mol. The van der Waals surface area contributed by atoms with Crippen LogP contribution in [-0.2, 0) is 0 Å². The van der Waals surface area contributed by atoms with Gasteiger partial charge in [-0.1, -0.05) is 37.0 Å². The minimum atomic E-state index is 1.21. The van der Waals surface area contributed by atoms with Gasteiger partial charge in [-0.05, 0) is 46.0 Å². The molecule has 0 aliphatic heterocycles. The average Bonchev–Trinajstić information content (AvgIpc) is 2.13. The minimum absolute atomic E-state index is 1.21. The Balaban J connectivity index is 3.31. The number of hydrogen-bond donors (Lipinski definition) is 0. The second-order valence-corrected chi connectivity index (χ2v) is 4.36. The van der Waals surface area contributed by atoms with Crippen molar-refractivity contribution in [2.24, 2.45) is 0 Å². The van der Waals surface area contributed by atoms with Gasteiger partial charge >= 0.3 is 0 Å². The molecule has 0 saturated heterocycles. The fourth-order valence-corrected chi connectivity index (χ4v) is 1.50. The van der Waals surface area contributed by atoms with E-state index in [2.05, 4.69) is 33.4 Å². The molecule has 0 N–H and O–H groups in total. The summed E-state index contributed by atoms with van der Waals surface area (Å²) in [6.07, 6.45) is 11.4. The third-order valence-electron chi connectivity index (χ3n) is 2.46. The van der Waals surface area contributed by atoms with Crippen LogP contribution in [0.3, 0.4) is 0 Å². The first-order valence-electron chi connectivity index (χ1n) is 5.96. The maximum Gasteiger partial charge on any atom is -0.0323 e. The summed E-state index contributed by atoms with van der Waals surface area (Å²) < 4.78 is 0. The summed E-state index contributed by atoms with van der Waals surface area (Å²) in [7, 11) is 0. The Kier molecular flexibility index (Phi) is 8.72. The van der Waals surface area contributed by atoms with Crippen molar-refractivity contribution in [1.29, 1.82) is 0 Å². The first kappa shape index (κ1) is 13.5. The molecule has 0 aromatic heterocycles. The molecule has 0 spiro atoms. The molecule has 0 saturated carbocycles. The van der Waals surface area contributed by atoms with Crippen molar-refractivity contribution in [2.45, 2.75) is 65.7 Å². The van der Waals surface area contributed by atoms with Gasteiger partial charge in [0.2, 0.25) is 0 Å². The van der Waals surface area contributed by atoms with Crippen LogP contribution in [0.5, 0.6) is 0 Å². The van der Waals surface area contributed by atoms with E-state index in [1.54, 1.807) is 5.57 Å². The van der Waals surface area contributed by atoms with Crippen LogP contribution in [0.15, 0.2) is 23.8 Å². The third-order valence-corrected chi connectivity index (χ3v) is 2.46. The molecular formula is C14H26. The number of allylic oxidation sites excluding steroid dienone is 3. The highest BCUT2D eigenvalue weighted by Gasteiger charge is 1.92. The maximum absolute atomic E-state index is 3.92. The van der Waals surface area contributed by atoms with Gasteiger partial charge < -0.3 is 0 Å². The smallest absolute Gasteiger partial charge is 0.0323 e. The zero-order valence-electron chi connectivity index (χ0n) is 10.2. The lowest BCUT2D eigenvalue weighted by Gasteiger charge is -2.02. The molecule has 0 heteroatoms. The molecule has 0 fully saturated rings. The van der Waals surface area contributed by atoms with Crippen LogP contribution in [0.25, 0.3) is 0 Å². The Morgan fingerprint density at radius 3 is 2.29 bits per heavy atom. The summed E-state index contributed by atoms with van der Waals surface area (Å²) in [6, 6.07) is 0. The Morgan fingerprint density at radius 2 is 1.71 bits per heavy atom. The molecule has 0 amide bonds. The quantitative estimate of drug-likeness (QED) is 0.365. The highest BCUT2D eigenvalue weighted by Crippen LogP contribution is 2.12. The van der Waals surface area contributed by atoms with Crippen molar-refractivity contribution < 1.29 is 0 Å². The maximum atomic E-state index is 3.92. The molecule has 0 bridgehead atoms. The van der Waals surface area contributed by atoms with E-state index in [0.717, 1.165) is 0 Å². The molecule has 0 aliphatic carbocycles. The lowest BCUT2D eigenvalue weighted by Crippen LogP contribution is -1.82. The van der Waals surface area contributed by atoms with Crippen molar-refractivity contribution in [1.82, 2.24) is 0 Å². The third kappa shape index (κ3) is 9.57. The zero-order chi connectivity index (χ0) is 10.8. The van der Waals surface area contributed by atoms with E-state index >= 15 is 0 Å². The first-order valence-corrected chi connectivity index (χ1v) is 5.96. The van der Waals surface area contributed by atoms with Crippen molar-refractivity contribution in [3.63, 3.8) is 0 Å². The standard InChI is InChI=1S/C14H26/c1-5-6-11-14(4)12-9-7-8-10-13(2)3/h11H,2,5-10,12H2,1,3-4H3. The zero-order valence-corrected chi connectivity index (χ0v) is 10.2. The highest BCUT2D eigenvalue weighted by atomic mass is 14.0. The van der Waals surface area contributed by atoms with Crippen molar-refractivity contribution in [3.05, 3.63) is 23.8 Å². The van der Waals surface area contributed by atoms with Gasteiger partial charge in [0.1, 0.15) is 0 Å². The molecule has 0 aliphatic rings. The fourth-order valence-electron chi connectivity index (χ4n) is 1.50. The monoisotopic (exact) mass is 194 g/mol. The molecule has 0 radical (unpaired) electrons. The van der Waals surface area contributed by atoms with Crippen LogP contribution in [-0.4, -0.2) is 0 Å². The predicted octanol–water partition coefficient (Wildman–Crippen LogP) is 5.26. The van der Waals surface area contributed by atoms with Gasteiger partial charge in [0.25, 0.3) is 0 Å². The highest BCUT2D eigenvalue weighted by molar-refractivity contribution is 4.97. The van der Waals surface area contributed by atoms with Gasteiger partial charge in [-0.2, -0.15) is 0 Å². The van der Waals surface area contributed by atoms with E-state index in [0.29, 0.717) is 0 Å². The summed E-state index contributed by atoms with van der Waals surface area (Å²) in [4.78, 5) is 0. The molecule has 0 nitrogen and oxygen atoms in total. The molecule has 0 unspecified atom stereocenters. The summed E-state index contributed by atoms with van der Waals surface area (Å²) in [5, 5.41) is 0. The van der Waals surface area contributed by atoms with Crippen LogP contribution < -0.4 is 0 Å². The second-order valence-electron chi connectivity index (χ2n) is 4.36. The number of hydrogen-bond acceptors (Lipinski definition) is 0. The van der Waals surface area contributed by atoms with Gasteiger partial charge in [-0.3, -0.25) is 0 Å². The first-order chi connectivity index (χ1) is 6.66. The molecule has 0 atom stereocenters. The minimum Gasteiger partial charge on any atom is -0.100 e. The Hall–Kier alpha value is -0.520. The van der Waals surface area contributed by atoms with Crippen LogP contribution in [0.2, 0.25) is 0 Å². The topological polar surface area (TPSA) is 0 Å². The van der Waals surface area contributed by atoms with Gasteiger partial charge in [-0.15, -0.1) is 6.58 Å². The molecule has 0 rings (SSSR count). The van der Waals surface area contributed by atoms with Gasteiger partial charge in [0, 0.05) is 0 Å². The normalized spacial score (nSPS) is 11.8. The van der Waals surface area contributed by atoms with E-state index < -0.39 is 0 Å². The van der Waals surface area contributed by atoms with Crippen molar-refractivity contribution in [3.8, 4) is 0 Å². The van der Waals surface area contributed by atoms with Crippen molar-refractivity contribution >= 4 is 0 Å². The molecule has 82 valence electrons. The van der Waals surface area contributed by atoms with Crippen molar-refractivity contribution in [2.75, 3.05) is 0 Å². The summed E-state index contributed by atoms with van der Waals surface area (Å²) in [6.45, 7) is 10.5. The molecule has 14 heavy (non-hydrogen) atoms. The fraction of sp³-hybridized carbons (Fsp3) is 0.714. The van der Waals surface area contributed by atoms with E-state index in [4.69, 9.17) is 0 Å². The lowest BCUT2D eigenvalue weighted by atomic mass is 10.0. The van der Waals surface area contributed by atoms with E-state index in [9.17, 15) is 0 Å². The van der Waals surface area contributed by atoms with Gasteiger partial charge in [-0.25, -0.2) is 0 Å². The second kappa shape index (κ2) is 9.05. The van der Waals surface area contributed by atoms with E-state index in [1.165, 1.54) is 50.5 Å². The predicted molar refractivity (Wildman–Crippen MR) is 66.6 cm³/mol.